The van der Waals surface area contributed by atoms with Crippen LogP contribution >= 0.6 is 0 Å². The van der Waals surface area contributed by atoms with Crippen LogP contribution in [-0.2, 0) is 26.2 Å². The summed E-state index contributed by atoms with van der Waals surface area (Å²) in [6, 6.07) is 0.335. The van der Waals surface area contributed by atoms with E-state index in [0.717, 1.165) is 75.7 Å². The maximum Gasteiger partial charge on any atom is 0.372 e. The van der Waals surface area contributed by atoms with Crippen LogP contribution in [0.2, 0.25) is 0 Å². The Morgan fingerprint density at radius 3 is 2.75 bits per heavy atom. The number of Topliss-reactive ketones (excluding diaryl/α,β-unsaturated/α-hetero) is 2. The summed E-state index contributed by atoms with van der Waals surface area (Å²) in [6.45, 7) is 11.3. The number of aromatic nitrogens is 2. The zero-order valence-corrected chi connectivity index (χ0v) is 26.6. The number of fused-ring (bicyclic) bond motifs is 2. The average Bonchev–Trinajstić information content (AvgIpc) is 3.46. The quantitative estimate of drug-likeness (QED) is 0.221. The van der Waals surface area contributed by atoms with E-state index in [1.807, 2.05) is 13.1 Å². The van der Waals surface area contributed by atoms with Crippen LogP contribution in [0.25, 0.3) is 0 Å². The molecule has 0 unspecified atom stereocenters. The first-order valence-corrected chi connectivity index (χ1v) is 16.7. The first-order chi connectivity index (χ1) is 21.3. The smallest absolute Gasteiger partial charge is 0.372 e. The van der Waals surface area contributed by atoms with Crippen molar-refractivity contribution >= 4 is 11.6 Å². The summed E-state index contributed by atoms with van der Waals surface area (Å²) >= 11 is 0. The number of nitrogens with one attached hydrogen (secondary N) is 2. The minimum Gasteiger partial charge on any atom is -0.454 e. The number of ether oxygens (including phenoxy) is 3. The van der Waals surface area contributed by atoms with Crippen molar-refractivity contribution < 1.29 is 28.8 Å². The van der Waals surface area contributed by atoms with Crippen molar-refractivity contribution in [1.29, 1.82) is 0 Å². The summed E-state index contributed by atoms with van der Waals surface area (Å²) < 4.78 is 18.4. The van der Waals surface area contributed by atoms with Gasteiger partial charge < -0.3 is 25.3 Å². The first-order valence-electron chi connectivity index (χ1n) is 16.7. The maximum atomic E-state index is 14.4. The molecule has 10 nitrogen and oxygen atoms in total. The summed E-state index contributed by atoms with van der Waals surface area (Å²) in [4.78, 5) is 38.6. The molecule has 1 aromatic rings. The number of H-pyrrole nitrogens is 1. The molecule has 1 aromatic heterocycles. The van der Waals surface area contributed by atoms with Gasteiger partial charge in [-0.25, -0.2) is 4.98 Å². The molecule has 0 bridgehead atoms. The Labute approximate surface area is 261 Å². The van der Waals surface area contributed by atoms with Gasteiger partial charge in [0.2, 0.25) is 0 Å². The summed E-state index contributed by atoms with van der Waals surface area (Å²) in [5, 5.41) is 3.22. The van der Waals surface area contributed by atoms with Crippen molar-refractivity contribution in [3.8, 4) is 5.88 Å². The van der Waals surface area contributed by atoms with Crippen LogP contribution in [0, 0.1) is 11.3 Å². The average molecular weight is 609 g/mol. The number of hydrogen-bond donors (Lipinski definition) is 2. The molecule has 0 radical (unpaired) electrons. The number of nitrogens with two attached hydrogens (primary N) is 1. The molecule has 6 rings (SSSR count). The van der Waals surface area contributed by atoms with Crippen LogP contribution in [-0.4, -0.2) is 80.2 Å². The largest absolute Gasteiger partial charge is 0.454 e. The monoisotopic (exact) mass is 608 g/mol. The molecule has 5 aliphatic rings. The normalized spacial score (nSPS) is 29.0. The molecular weight excluding hydrogens is 558 g/mol. The Bertz CT molecular complexity index is 1300. The van der Waals surface area contributed by atoms with Gasteiger partial charge in [-0.1, -0.05) is 26.0 Å². The highest BCUT2D eigenvalue weighted by Gasteiger charge is 2.52. The van der Waals surface area contributed by atoms with Crippen LogP contribution in [0.1, 0.15) is 93.0 Å². The molecule has 2 spiro atoms. The van der Waals surface area contributed by atoms with Crippen molar-refractivity contribution in [2.24, 2.45) is 17.1 Å². The summed E-state index contributed by atoms with van der Waals surface area (Å²) in [5.41, 5.74) is 8.58. The molecule has 3 fully saturated rings. The molecule has 3 aliphatic heterocycles. The van der Waals surface area contributed by atoms with Crippen molar-refractivity contribution in [2.75, 3.05) is 46.6 Å². The molecular formula is C34H50N5O5+. The van der Waals surface area contributed by atoms with Crippen LogP contribution in [0.5, 0.6) is 5.88 Å². The molecule has 4 heterocycles. The highest BCUT2D eigenvalue weighted by Crippen LogP contribution is 2.47. The standard InChI is InChI=1S/C34H49N5O5/c1-4-26(22(2)9-8-15-36-3)44-32-25-17-39(23-18-43-19-23)20-33(14-16-42-21-33)30(25)37-31(38-32)28(41)24-10-7-13-34(29(24)35)12-6-5-11-27(34)40/h4,22-23,26,36H,1,5-21,35H2,2-3H3/p+1/t22-,26-,33-,34+/m0/s1. The third kappa shape index (κ3) is 5.63. The molecule has 240 valence electrons. The number of carbonyl (C=O) groups is 2. The van der Waals surface area contributed by atoms with E-state index in [0.29, 0.717) is 69.0 Å². The van der Waals surface area contributed by atoms with E-state index in [9.17, 15) is 9.59 Å². The Morgan fingerprint density at radius 1 is 1.25 bits per heavy atom. The topological polar surface area (TPSA) is 130 Å². The number of ketones is 2. The fourth-order valence-electron chi connectivity index (χ4n) is 8.07. The Balaban J connectivity index is 1.42. The van der Waals surface area contributed by atoms with Gasteiger partial charge in [0.1, 0.15) is 11.9 Å². The minimum absolute atomic E-state index is 0.181. The van der Waals surface area contributed by atoms with Crippen molar-refractivity contribution in [1.82, 2.24) is 15.2 Å². The van der Waals surface area contributed by atoms with Gasteiger partial charge in [-0.15, -0.1) is 0 Å². The Kier molecular flexibility index (Phi) is 9.25. The van der Waals surface area contributed by atoms with E-state index in [-0.39, 0.29) is 34.8 Å². The van der Waals surface area contributed by atoms with Gasteiger partial charge in [-0.3, -0.25) is 14.5 Å². The van der Waals surface area contributed by atoms with E-state index < -0.39 is 5.41 Å². The third-order valence-electron chi connectivity index (χ3n) is 10.9. The van der Waals surface area contributed by atoms with Crippen LogP contribution < -0.4 is 20.8 Å². The van der Waals surface area contributed by atoms with Crippen LogP contribution in [0.15, 0.2) is 23.9 Å². The van der Waals surface area contributed by atoms with E-state index >= 15 is 0 Å². The first kappa shape index (κ1) is 31.3. The van der Waals surface area contributed by atoms with E-state index in [2.05, 4.69) is 28.7 Å². The fraction of sp³-hybridized carbons (Fsp3) is 0.706. The second-order valence-corrected chi connectivity index (χ2v) is 13.7. The van der Waals surface area contributed by atoms with Gasteiger partial charge in [-0.2, -0.15) is 0 Å². The number of rotatable bonds is 11. The predicted octanol–water partition coefficient (Wildman–Crippen LogP) is 3.05. The van der Waals surface area contributed by atoms with Gasteiger partial charge in [0.15, 0.2) is 5.69 Å². The second-order valence-electron chi connectivity index (χ2n) is 13.7. The lowest BCUT2D eigenvalue weighted by atomic mass is 9.64. The highest BCUT2D eigenvalue weighted by molar-refractivity contribution is 6.07. The summed E-state index contributed by atoms with van der Waals surface area (Å²) in [7, 11) is 1.96. The van der Waals surface area contributed by atoms with Crippen molar-refractivity contribution in [2.45, 2.75) is 95.2 Å². The SMILES string of the molecule is C=C[C@H](Oc1[nH+]c(C(=O)C2=C(N)[C@]3(CCCCC3=O)CCC2)nc2c1CN(C1COC1)C[C@]21CCOC1)[C@@H](C)CCCNC. The summed E-state index contributed by atoms with van der Waals surface area (Å²) in [6.07, 6.45) is 9.56. The van der Waals surface area contributed by atoms with Crippen LogP contribution in [0.4, 0.5) is 0 Å². The third-order valence-corrected chi connectivity index (χ3v) is 10.9. The molecule has 0 amide bonds. The molecule has 44 heavy (non-hydrogen) atoms. The van der Waals surface area contributed by atoms with E-state index in [1.54, 1.807) is 0 Å². The van der Waals surface area contributed by atoms with Gasteiger partial charge in [0.05, 0.1) is 42.3 Å². The van der Waals surface area contributed by atoms with Gasteiger partial charge in [0.25, 0.3) is 11.7 Å². The Morgan fingerprint density at radius 2 is 2.07 bits per heavy atom. The molecule has 2 saturated heterocycles. The van der Waals surface area contributed by atoms with Crippen LogP contribution in [0.3, 0.4) is 0 Å². The molecule has 10 heteroatoms. The summed E-state index contributed by atoms with van der Waals surface area (Å²) in [5.74, 6) is 0.969. The second kappa shape index (κ2) is 13.0. The maximum absolute atomic E-state index is 14.4. The fourth-order valence-corrected chi connectivity index (χ4v) is 8.07. The zero-order chi connectivity index (χ0) is 30.9. The van der Waals surface area contributed by atoms with Gasteiger partial charge in [-0.05, 0) is 75.9 Å². The Hall–Kier alpha value is -2.66. The van der Waals surface area contributed by atoms with E-state index in [1.165, 1.54) is 0 Å². The molecule has 2 aliphatic carbocycles. The number of allylic oxidation sites excluding steroid dienone is 2. The number of carbonyl (C=O) groups excluding carboxylic acids is 2. The van der Waals surface area contributed by atoms with Crippen molar-refractivity contribution in [3.63, 3.8) is 0 Å². The lowest BCUT2D eigenvalue weighted by molar-refractivity contribution is -0.406. The number of aromatic amines is 1. The van der Waals surface area contributed by atoms with Crippen molar-refractivity contribution in [3.05, 3.63) is 41.0 Å². The predicted molar refractivity (Wildman–Crippen MR) is 165 cm³/mol. The van der Waals surface area contributed by atoms with Gasteiger partial charge in [0, 0.05) is 37.4 Å². The minimum atomic E-state index is -0.711. The lowest BCUT2D eigenvalue weighted by Crippen LogP contribution is -2.57. The number of nitrogens with zero attached hydrogens (tertiary/aromatic N) is 2. The molecule has 4 N–H and O–H groups in total. The molecule has 4 atom stereocenters. The zero-order valence-electron chi connectivity index (χ0n) is 26.6. The molecule has 1 saturated carbocycles. The van der Waals surface area contributed by atoms with E-state index in [4.69, 9.17) is 24.9 Å². The highest BCUT2D eigenvalue weighted by atomic mass is 16.5. The van der Waals surface area contributed by atoms with Gasteiger partial charge >= 0.3 is 5.82 Å². The molecule has 0 aromatic carbocycles. The number of hydrogen-bond acceptors (Lipinski definition) is 9. The lowest BCUT2D eigenvalue weighted by Gasteiger charge is -2.44.